The minimum Gasteiger partial charge on any atom is -0.463 e. The maximum atomic E-state index is 13.1. The van der Waals surface area contributed by atoms with Gasteiger partial charge in [0, 0.05) is 39.0 Å². The highest BCUT2D eigenvalue weighted by Crippen LogP contribution is 2.34. The third-order valence-electron chi connectivity index (χ3n) is 5.75. The summed E-state index contributed by atoms with van der Waals surface area (Å²) in [6.45, 7) is 5.56. The topological polar surface area (TPSA) is 149 Å². The highest BCUT2D eigenvalue weighted by molar-refractivity contribution is 7.99. The van der Waals surface area contributed by atoms with Crippen LogP contribution in [0.25, 0.3) is 0 Å². The summed E-state index contributed by atoms with van der Waals surface area (Å²) in [6.07, 6.45) is 3.31. The number of hydrogen-bond acceptors (Lipinski definition) is 11. The maximum absolute atomic E-state index is 13.1. The number of nitrogens with zero attached hydrogens (tertiary/aromatic N) is 2. The van der Waals surface area contributed by atoms with Crippen LogP contribution in [0.5, 0.6) is 0 Å². The highest BCUT2D eigenvalue weighted by Gasteiger charge is 2.51. The van der Waals surface area contributed by atoms with Crippen LogP contribution in [0.4, 0.5) is 5.82 Å². The second kappa shape index (κ2) is 15.6. The van der Waals surface area contributed by atoms with E-state index < -0.39 is 48.0 Å². The van der Waals surface area contributed by atoms with E-state index in [1.54, 1.807) is 11.8 Å². The molecule has 1 fully saturated rings. The van der Waals surface area contributed by atoms with E-state index in [4.69, 9.17) is 24.7 Å². The van der Waals surface area contributed by atoms with Crippen LogP contribution in [-0.2, 0) is 39.8 Å². The van der Waals surface area contributed by atoms with Gasteiger partial charge in [0.05, 0.1) is 0 Å². The number of aryl methyl sites for hydroxylation is 1. The van der Waals surface area contributed by atoms with Gasteiger partial charge in [-0.1, -0.05) is 39.0 Å². The predicted molar refractivity (Wildman–Crippen MR) is 139 cm³/mol. The quantitative estimate of drug-likeness (QED) is 0.198. The Labute approximate surface area is 221 Å². The number of carbonyl (C=O) groups is 3. The molecule has 0 aliphatic carbocycles. The zero-order valence-corrected chi connectivity index (χ0v) is 22.9. The van der Waals surface area contributed by atoms with Crippen molar-refractivity contribution in [3.63, 3.8) is 0 Å². The third kappa shape index (κ3) is 9.99. The molecule has 12 heteroatoms. The zero-order chi connectivity index (χ0) is 27.4. The molecule has 0 unspecified atom stereocenters. The molecule has 208 valence electrons. The van der Waals surface area contributed by atoms with Gasteiger partial charge >= 0.3 is 17.9 Å². The lowest BCUT2D eigenvalue weighted by Crippen LogP contribution is -2.42. The van der Waals surface area contributed by atoms with Gasteiger partial charge in [0.1, 0.15) is 24.4 Å². The van der Waals surface area contributed by atoms with Crippen LogP contribution in [-0.4, -0.2) is 63.9 Å². The summed E-state index contributed by atoms with van der Waals surface area (Å²) < 4.78 is 23.2. The first kappa shape index (κ1) is 30.6. The van der Waals surface area contributed by atoms with Crippen LogP contribution >= 0.6 is 11.8 Å². The number of unbranched alkanes of at least 4 members (excludes halogenated alkanes) is 5. The van der Waals surface area contributed by atoms with Crippen molar-refractivity contribution in [2.75, 3.05) is 23.8 Å². The molecule has 2 rings (SSSR count). The van der Waals surface area contributed by atoms with Gasteiger partial charge in [0.25, 0.3) is 5.56 Å². The molecular formula is C25H39N3O8S. The molecule has 0 amide bonds. The number of rotatable bonds is 15. The summed E-state index contributed by atoms with van der Waals surface area (Å²) in [6, 6.07) is 1.15. The molecule has 1 aromatic rings. The molecule has 0 bridgehead atoms. The molecule has 0 saturated carbocycles. The Balaban J connectivity index is 2.22. The van der Waals surface area contributed by atoms with Gasteiger partial charge in [0.15, 0.2) is 18.4 Å². The molecule has 0 radical (unpaired) electrons. The van der Waals surface area contributed by atoms with E-state index in [-0.39, 0.29) is 12.4 Å². The average molecular weight is 542 g/mol. The van der Waals surface area contributed by atoms with Crippen molar-refractivity contribution in [2.45, 2.75) is 97.2 Å². The van der Waals surface area contributed by atoms with Crippen molar-refractivity contribution in [1.82, 2.24) is 9.55 Å². The van der Waals surface area contributed by atoms with Crippen molar-refractivity contribution in [3.05, 3.63) is 22.2 Å². The lowest BCUT2D eigenvalue weighted by Gasteiger charge is -2.25. The Morgan fingerprint density at radius 2 is 1.65 bits per heavy atom. The lowest BCUT2D eigenvalue weighted by molar-refractivity contribution is -0.166. The van der Waals surface area contributed by atoms with Crippen LogP contribution in [0.15, 0.2) is 10.9 Å². The standard InChI is InChI=1S/C25H39N3O8S/c1-5-6-7-8-9-10-12-37-13-11-21-27-20(26)14-22(32)28(21)25-24(35-18(4)31)23(34-17(3)30)19(36-25)15-33-16(2)29/h14,19,23-25H,5-13,15,26H2,1-4H3/t19-,23-,24-,25-/m1/s1. The van der Waals surface area contributed by atoms with Gasteiger partial charge in [-0.2, -0.15) is 11.8 Å². The normalized spacial score (nSPS) is 21.0. The van der Waals surface area contributed by atoms with Gasteiger partial charge in [-0.25, -0.2) is 4.98 Å². The molecule has 37 heavy (non-hydrogen) atoms. The van der Waals surface area contributed by atoms with E-state index in [0.29, 0.717) is 18.0 Å². The number of nitrogen functional groups attached to an aromatic ring is 1. The molecule has 2 heterocycles. The number of ether oxygens (including phenoxy) is 4. The fraction of sp³-hybridized carbons (Fsp3) is 0.720. The molecule has 4 atom stereocenters. The fourth-order valence-corrected chi connectivity index (χ4v) is 5.10. The first-order valence-electron chi connectivity index (χ1n) is 12.7. The Morgan fingerprint density at radius 1 is 1.00 bits per heavy atom. The van der Waals surface area contributed by atoms with Crippen molar-refractivity contribution < 1.29 is 33.3 Å². The monoisotopic (exact) mass is 541 g/mol. The van der Waals surface area contributed by atoms with E-state index in [9.17, 15) is 19.2 Å². The van der Waals surface area contributed by atoms with E-state index in [1.807, 2.05) is 0 Å². The van der Waals surface area contributed by atoms with Crippen LogP contribution in [0, 0.1) is 0 Å². The number of aromatic nitrogens is 2. The Morgan fingerprint density at radius 3 is 2.30 bits per heavy atom. The SMILES string of the molecule is CCCCCCCCSCCc1nc(N)cc(=O)n1[C@@H]1O[C@H](COC(C)=O)[C@@H](OC(C)=O)[C@H]1OC(C)=O. The molecular weight excluding hydrogens is 502 g/mol. The summed E-state index contributed by atoms with van der Waals surface area (Å²) in [7, 11) is 0. The second-order valence-corrected chi connectivity index (χ2v) is 10.2. The van der Waals surface area contributed by atoms with Crippen molar-refractivity contribution in [3.8, 4) is 0 Å². The van der Waals surface area contributed by atoms with Crippen LogP contribution in [0.3, 0.4) is 0 Å². The van der Waals surface area contributed by atoms with E-state index >= 15 is 0 Å². The zero-order valence-electron chi connectivity index (χ0n) is 22.1. The van der Waals surface area contributed by atoms with Gasteiger partial charge in [-0.3, -0.25) is 23.7 Å². The van der Waals surface area contributed by atoms with E-state index in [1.165, 1.54) is 57.4 Å². The second-order valence-electron chi connectivity index (χ2n) is 8.95. The number of thioether (sulfide) groups is 1. The largest absolute Gasteiger partial charge is 0.463 e. The highest BCUT2D eigenvalue weighted by atomic mass is 32.2. The number of carbonyl (C=O) groups excluding carboxylic acids is 3. The van der Waals surface area contributed by atoms with Crippen LogP contribution < -0.4 is 11.3 Å². The van der Waals surface area contributed by atoms with Gasteiger partial charge < -0.3 is 24.7 Å². The van der Waals surface area contributed by atoms with E-state index in [0.717, 1.165) is 18.2 Å². The van der Waals surface area contributed by atoms with Gasteiger partial charge in [0.2, 0.25) is 0 Å². The molecule has 2 N–H and O–H groups in total. The first-order valence-corrected chi connectivity index (χ1v) is 13.9. The van der Waals surface area contributed by atoms with Gasteiger partial charge in [-0.05, 0) is 12.2 Å². The summed E-state index contributed by atoms with van der Waals surface area (Å²) >= 11 is 1.76. The molecule has 1 saturated heterocycles. The van der Waals surface area contributed by atoms with Crippen molar-refractivity contribution in [1.29, 1.82) is 0 Å². The maximum Gasteiger partial charge on any atom is 0.303 e. The first-order chi connectivity index (χ1) is 17.6. The van der Waals surface area contributed by atoms with Crippen molar-refractivity contribution in [2.24, 2.45) is 0 Å². The van der Waals surface area contributed by atoms with E-state index in [2.05, 4.69) is 11.9 Å². The van der Waals surface area contributed by atoms with Gasteiger partial charge in [-0.15, -0.1) is 0 Å². The number of nitrogens with two attached hydrogens (primary N) is 1. The summed E-state index contributed by atoms with van der Waals surface area (Å²) in [5.74, 6) is 0.245. The molecule has 1 aliphatic heterocycles. The number of hydrogen-bond donors (Lipinski definition) is 1. The van der Waals surface area contributed by atoms with Crippen LogP contribution in [0.1, 0.15) is 78.3 Å². The summed E-state index contributed by atoms with van der Waals surface area (Å²) in [5.41, 5.74) is 5.37. The molecule has 11 nitrogen and oxygen atoms in total. The Bertz CT molecular complexity index is 970. The lowest BCUT2D eigenvalue weighted by atomic mass is 10.1. The molecule has 0 spiro atoms. The summed E-state index contributed by atoms with van der Waals surface area (Å²) in [5, 5.41) is 0. The third-order valence-corrected chi connectivity index (χ3v) is 6.82. The predicted octanol–water partition coefficient (Wildman–Crippen LogP) is 2.79. The molecule has 1 aliphatic rings. The Kier molecular flexibility index (Phi) is 12.9. The minimum atomic E-state index is -1.17. The number of anilines is 1. The van der Waals surface area contributed by atoms with Crippen molar-refractivity contribution >= 4 is 35.5 Å². The Hall–Kier alpha value is -2.60. The van der Waals surface area contributed by atoms with Crippen LogP contribution in [0.2, 0.25) is 0 Å². The number of esters is 3. The average Bonchev–Trinajstić information content (AvgIpc) is 3.11. The fourth-order valence-electron chi connectivity index (χ4n) is 4.16. The molecule has 1 aromatic heterocycles. The summed E-state index contributed by atoms with van der Waals surface area (Å²) in [4.78, 5) is 52.6. The molecule has 0 aromatic carbocycles. The minimum absolute atomic E-state index is 0.0622. The smallest absolute Gasteiger partial charge is 0.303 e.